The van der Waals surface area contributed by atoms with Crippen molar-refractivity contribution in [3.8, 4) is 0 Å². The molecule has 0 saturated carbocycles. The molecule has 7 heteroatoms. The molecule has 2 aromatic rings. The van der Waals surface area contributed by atoms with Crippen molar-refractivity contribution in [2.75, 3.05) is 0 Å². The maximum atomic E-state index is 14.3. The lowest BCUT2D eigenvalue weighted by molar-refractivity contribution is -0.146. The van der Waals surface area contributed by atoms with Gasteiger partial charge in [0.25, 0.3) is 0 Å². The summed E-state index contributed by atoms with van der Waals surface area (Å²) in [5.74, 6) is -0.749. The third kappa shape index (κ3) is 8.89. The Bertz CT molecular complexity index is 1060. The molecule has 0 aliphatic rings. The van der Waals surface area contributed by atoms with E-state index in [4.69, 9.17) is 4.74 Å². The topological polar surface area (TPSA) is 87.7 Å². The van der Waals surface area contributed by atoms with Crippen molar-refractivity contribution >= 4 is 17.9 Å². The van der Waals surface area contributed by atoms with Gasteiger partial charge in [-0.25, -0.2) is 4.79 Å². The second-order valence-electron chi connectivity index (χ2n) is 11.0. The minimum absolute atomic E-state index is 0.174. The van der Waals surface area contributed by atoms with Gasteiger partial charge >= 0.3 is 6.09 Å². The zero-order valence-corrected chi connectivity index (χ0v) is 24.2. The standard InChI is InChI=1S/C31H45N3O4/c1-9-22(4)26(33-30(37)38-31(6,7)8)29(36)34(23(5)10-2)27(25-18-14-15-21(3)19-25)28(35)32-20-24-16-12-11-13-17-24/h11-19,22-23,26-27H,9-10,20H2,1-8H3,(H,32,35)(H,33,37). The zero-order chi connectivity index (χ0) is 28.5. The Morgan fingerprint density at radius 2 is 1.61 bits per heavy atom. The highest BCUT2D eigenvalue weighted by molar-refractivity contribution is 5.92. The second kappa shape index (κ2) is 14.0. The van der Waals surface area contributed by atoms with E-state index in [-0.39, 0.29) is 23.8 Å². The monoisotopic (exact) mass is 523 g/mol. The van der Waals surface area contributed by atoms with Crippen LogP contribution in [0.3, 0.4) is 0 Å². The molecule has 0 spiro atoms. The van der Waals surface area contributed by atoms with Crippen LogP contribution < -0.4 is 10.6 Å². The molecule has 208 valence electrons. The average Bonchev–Trinajstić information content (AvgIpc) is 2.87. The van der Waals surface area contributed by atoms with Crippen LogP contribution in [0.1, 0.15) is 84.0 Å². The van der Waals surface area contributed by atoms with E-state index in [1.807, 2.05) is 89.2 Å². The maximum absolute atomic E-state index is 14.3. The van der Waals surface area contributed by atoms with E-state index in [0.29, 0.717) is 19.4 Å². The van der Waals surface area contributed by atoms with Crippen LogP contribution in [0.25, 0.3) is 0 Å². The Hall–Kier alpha value is -3.35. The molecule has 4 atom stereocenters. The minimum Gasteiger partial charge on any atom is -0.444 e. The second-order valence-corrected chi connectivity index (χ2v) is 11.0. The fraction of sp³-hybridized carbons (Fsp3) is 0.516. The van der Waals surface area contributed by atoms with Gasteiger partial charge < -0.3 is 20.3 Å². The number of aryl methyl sites for hydroxylation is 1. The molecule has 0 saturated heterocycles. The third-order valence-corrected chi connectivity index (χ3v) is 6.67. The molecular formula is C31H45N3O4. The summed E-state index contributed by atoms with van der Waals surface area (Å²) in [6, 6.07) is 15.4. The van der Waals surface area contributed by atoms with Crippen molar-refractivity contribution in [1.29, 1.82) is 0 Å². The van der Waals surface area contributed by atoms with Crippen LogP contribution >= 0.6 is 0 Å². The normalized spacial score (nSPS) is 14.5. The lowest BCUT2D eigenvalue weighted by Crippen LogP contribution is -2.57. The van der Waals surface area contributed by atoms with Crippen molar-refractivity contribution in [2.45, 2.75) is 98.5 Å². The van der Waals surface area contributed by atoms with Gasteiger partial charge in [0.1, 0.15) is 17.7 Å². The van der Waals surface area contributed by atoms with Crippen LogP contribution in [0.4, 0.5) is 4.79 Å². The molecule has 38 heavy (non-hydrogen) atoms. The van der Waals surface area contributed by atoms with Gasteiger partial charge in [0.05, 0.1) is 0 Å². The van der Waals surface area contributed by atoms with Gasteiger partial charge in [0.2, 0.25) is 11.8 Å². The van der Waals surface area contributed by atoms with E-state index in [2.05, 4.69) is 10.6 Å². The van der Waals surface area contributed by atoms with Crippen LogP contribution in [0.15, 0.2) is 54.6 Å². The molecule has 0 radical (unpaired) electrons. The fourth-order valence-corrected chi connectivity index (χ4v) is 4.23. The molecule has 0 bridgehead atoms. The first kappa shape index (κ1) is 30.9. The fourth-order valence-electron chi connectivity index (χ4n) is 4.23. The summed E-state index contributed by atoms with van der Waals surface area (Å²) in [6.07, 6.45) is 0.649. The number of nitrogens with one attached hydrogen (secondary N) is 2. The average molecular weight is 524 g/mol. The Morgan fingerprint density at radius 1 is 0.947 bits per heavy atom. The predicted molar refractivity (Wildman–Crippen MR) is 151 cm³/mol. The quantitative estimate of drug-likeness (QED) is 0.383. The minimum atomic E-state index is -0.868. The van der Waals surface area contributed by atoms with Crippen molar-refractivity contribution in [3.63, 3.8) is 0 Å². The summed E-state index contributed by atoms with van der Waals surface area (Å²) >= 11 is 0. The first-order chi connectivity index (χ1) is 17.9. The summed E-state index contributed by atoms with van der Waals surface area (Å²) in [6.45, 7) is 15.5. The smallest absolute Gasteiger partial charge is 0.408 e. The number of carbonyl (C=O) groups excluding carboxylic acids is 3. The Kier molecular flexibility index (Phi) is 11.4. The van der Waals surface area contributed by atoms with Crippen molar-refractivity contribution < 1.29 is 19.1 Å². The molecule has 2 aromatic carbocycles. The van der Waals surface area contributed by atoms with Crippen LogP contribution in [0.2, 0.25) is 0 Å². The lowest BCUT2D eigenvalue weighted by atomic mass is 9.94. The van der Waals surface area contributed by atoms with Crippen molar-refractivity contribution in [3.05, 3.63) is 71.3 Å². The van der Waals surface area contributed by atoms with E-state index >= 15 is 0 Å². The molecule has 0 heterocycles. The van der Waals surface area contributed by atoms with Crippen LogP contribution in [-0.4, -0.2) is 40.5 Å². The van der Waals surface area contributed by atoms with E-state index < -0.39 is 23.8 Å². The maximum Gasteiger partial charge on any atom is 0.408 e. The van der Waals surface area contributed by atoms with Gasteiger partial charge in [0.15, 0.2) is 0 Å². The first-order valence-electron chi connectivity index (χ1n) is 13.6. The van der Waals surface area contributed by atoms with Gasteiger partial charge in [-0.1, -0.05) is 87.4 Å². The molecule has 4 unspecified atom stereocenters. The number of alkyl carbamates (subject to hydrolysis) is 1. The molecule has 0 aliphatic heterocycles. The van der Waals surface area contributed by atoms with E-state index in [1.54, 1.807) is 25.7 Å². The summed E-state index contributed by atoms with van der Waals surface area (Å²) in [7, 11) is 0. The van der Waals surface area contributed by atoms with Crippen LogP contribution in [0, 0.1) is 12.8 Å². The van der Waals surface area contributed by atoms with Crippen LogP contribution in [0.5, 0.6) is 0 Å². The molecule has 0 aromatic heterocycles. The van der Waals surface area contributed by atoms with E-state index in [0.717, 1.165) is 16.7 Å². The van der Waals surface area contributed by atoms with E-state index in [9.17, 15) is 14.4 Å². The Labute approximate surface area is 228 Å². The van der Waals surface area contributed by atoms with Gasteiger partial charge in [-0.2, -0.15) is 0 Å². The molecular weight excluding hydrogens is 478 g/mol. The van der Waals surface area contributed by atoms with Crippen molar-refractivity contribution in [1.82, 2.24) is 15.5 Å². The van der Waals surface area contributed by atoms with Gasteiger partial charge in [0, 0.05) is 12.6 Å². The number of hydrogen-bond donors (Lipinski definition) is 2. The molecule has 0 fully saturated rings. The SMILES string of the molecule is CCC(C)C(NC(=O)OC(C)(C)C)C(=O)N(C(C)CC)C(C(=O)NCc1ccccc1)c1cccc(C)c1. The number of benzene rings is 2. The highest BCUT2D eigenvalue weighted by Gasteiger charge is 2.40. The summed E-state index contributed by atoms with van der Waals surface area (Å²) in [5, 5.41) is 5.85. The molecule has 2 N–H and O–H groups in total. The highest BCUT2D eigenvalue weighted by Crippen LogP contribution is 2.28. The Balaban J connectivity index is 2.51. The number of amides is 3. The zero-order valence-electron chi connectivity index (χ0n) is 24.2. The molecule has 7 nitrogen and oxygen atoms in total. The van der Waals surface area contributed by atoms with E-state index in [1.165, 1.54) is 0 Å². The number of ether oxygens (including phenoxy) is 1. The number of hydrogen-bond acceptors (Lipinski definition) is 4. The first-order valence-corrected chi connectivity index (χ1v) is 13.6. The summed E-state index contributed by atoms with van der Waals surface area (Å²) in [5.41, 5.74) is 1.98. The molecule has 2 rings (SSSR count). The Morgan fingerprint density at radius 3 is 2.16 bits per heavy atom. The summed E-state index contributed by atoms with van der Waals surface area (Å²) in [4.78, 5) is 42.5. The van der Waals surface area contributed by atoms with Gasteiger partial charge in [-0.05, 0) is 58.1 Å². The molecule has 3 amide bonds. The largest absolute Gasteiger partial charge is 0.444 e. The summed E-state index contributed by atoms with van der Waals surface area (Å²) < 4.78 is 5.48. The van der Waals surface area contributed by atoms with Gasteiger partial charge in [-0.15, -0.1) is 0 Å². The molecule has 0 aliphatic carbocycles. The number of nitrogens with zero attached hydrogens (tertiary/aromatic N) is 1. The highest BCUT2D eigenvalue weighted by atomic mass is 16.6. The third-order valence-electron chi connectivity index (χ3n) is 6.67. The lowest BCUT2D eigenvalue weighted by Gasteiger charge is -2.39. The van der Waals surface area contributed by atoms with Crippen molar-refractivity contribution in [2.24, 2.45) is 5.92 Å². The van der Waals surface area contributed by atoms with Gasteiger partial charge in [-0.3, -0.25) is 9.59 Å². The van der Waals surface area contributed by atoms with Crippen LogP contribution in [-0.2, 0) is 20.9 Å². The number of carbonyl (C=O) groups is 3. The predicted octanol–water partition coefficient (Wildman–Crippen LogP) is 5.92. The number of rotatable bonds is 11.